The standard InChI is InChI=1S/C16H27N5O3S/c1-7-24-15(23)13-10(2)19-14(25-13)11(3)20-16(17-4)18-9-8-12(22)21(5)6/h11H,7-9H2,1-6H3,(H2,17,18,20). The molecule has 0 aliphatic heterocycles. The van der Waals surface area contributed by atoms with Crippen LogP contribution in [0.3, 0.4) is 0 Å². The van der Waals surface area contributed by atoms with Crippen molar-refractivity contribution < 1.29 is 14.3 Å². The number of nitrogens with one attached hydrogen (secondary N) is 2. The van der Waals surface area contributed by atoms with Crippen LogP contribution in [0, 0.1) is 6.92 Å². The van der Waals surface area contributed by atoms with Crippen molar-refractivity contribution >= 4 is 29.2 Å². The molecule has 1 amide bonds. The molecule has 1 aromatic heterocycles. The van der Waals surface area contributed by atoms with Crippen molar-refractivity contribution in [3.63, 3.8) is 0 Å². The van der Waals surface area contributed by atoms with Crippen LogP contribution >= 0.6 is 11.3 Å². The molecule has 140 valence electrons. The number of aryl methyl sites for hydroxylation is 1. The molecule has 0 aliphatic carbocycles. The fraction of sp³-hybridized carbons (Fsp3) is 0.625. The molecule has 0 saturated heterocycles. The lowest BCUT2D eigenvalue weighted by molar-refractivity contribution is -0.128. The quantitative estimate of drug-likeness (QED) is 0.428. The summed E-state index contributed by atoms with van der Waals surface area (Å²) in [6, 6.07) is -0.136. The average Bonchev–Trinajstić information content (AvgIpc) is 2.95. The summed E-state index contributed by atoms with van der Waals surface area (Å²) in [5, 5.41) is 7.08. The van der Waals surface area contributed by atoms with Gasteiger partial charge in [0.2, 0.25) is 5.91 Å². The molecule has 0 bridgehead atoms. The summed E-state index contributed by atoms with van der Waals surface area (Å²) in [4.78, 5) is 34.1. The Labute approximate surface area is 152 Å². The van der Waals surface area contributed by atoms with Crippen LogP contribution in [0.2, 0.25) is 0 Å². The Hall–Kier alpha value is -2.16. The van der Waals surface area contributed by atoms with E-state index < -0.39 is 0 Å². The maximum Gasteiger partial charge on any atom is 0.350 e. The molecule has 0 aromatic carbocycles. The lowest BCUT2D eigenvalue weighted by Crippen LogP contribution is -2.40. The molecule has 0 fully saturated rings. The van der Waals surface area contributed by atoms with Gasteiger partial charge in [-0.3, -0.25) is 9.79 Å². The molecule has 0 saturated carbocycles. The Kier molecular flexibility index (Phi) is 8.33. The largest absolute Gasteiger partial charge is 0.462 e. The monoisotopic (exact) mass is 369 g/mol. The summed E-state index contributed by atoms with van der Waals surface area (Å²) < 4.78 is 5.04. The van der Waals surface area contributed by atoms with Crippen LogP contribution in [-0.4, -0.2) is 62.0 Å². The molecule has 1 atom stereocenters. The van der Waals surface area contributed by atoms with E-state index in [1.54, 1.807) is 39.9 Å². The van der Waals surface area contributed by atoms with Gasteiger partial charge in [-0.25, -0.2) is 9.78 Å². The summed E-state index contributed by atoms with van der Waals surface area (Å²) in [6.07, 6.45) is 0.380. The van der Waals surface area contributed by atoms with Gasteiger partial charge < -0.3 is 20.3 Å². The number of amides is 1. The number of rotatable bonds is 7. The van der Waals surface area contributed by atoms with Gasteiger partial charge in [-0.05, 0) is 20.8 Å². The average molecular weight is 369 g/mol. The fourth-order valence-electron chi connectivity index (χ4n) is 1.96. The van der Waals surface area contributed by atoms with Crippen molar-refractivity contribution in [2.75, 3.05) is 34.3 Å². The summed E-state index contributed by atoms with van der Waals surface area (Å²) >= 11 is 1.31. The Morgan fingerprint density at radius 1 is 1.40 bits per heavy atom. The van der Waals surface area contributed by atoms with Crippen LogP contribution in [0.5, 0.6) is 0 Å². The maximum atomic E-state index is 11.9. The van der Waals surface area contributed by atoms with Gasteiger partial charge in [0.25, 0.3) is 0 Å². The third kappa shape index (κ3) is 6.33. The van der Waals surface area contributed by atoms with Gasteiger partial charge in [-0.15, -0.1) is 11.3 Å². The highest BCUT2D eigenvalue weighted by Gasteiger charge is 2.20. The number of ether oxygens (including phenoxy) is 1. The summed E-state index contributed by atoms with van der Waals surface area (Å²) in [6.45, 7) is 6.32. The van der Waals surface area contributed by atoms with Gasteiger partial charge in [0.1, 0.15) is 9.88 Å². The summed E-state index contributed by atoms with van der Waals surface area (Å²) in [7, 11) is 5.11. The predicted molar refractivity (Wildman–Crippen MR) is 99.0 cm³/mol. The van der Waals surface area contributed by atoms with Crippen LogP contribution in [0.15, 0.2) is 4.99 Å². The highest BCUT2D eigenvalue weighted by atomic mass is 32.1. The minimum atomic E-state index is -0.347. The molecule has 1 unspecified atom stereocenters. The van der Waals surface area contributed by atoms with E-state index in [0.29, 0.717) is 36.1 Å². The molecule has 1 rings (SSSR count). The Bertz CT molecular complexity index is 627. The van der Waals surface area contributed by atoms with Crippen LogP contribution in [0.1, 0.15) is 46.7 Å². The molecular formula is C16H27N5O3S. The first-order valence-electron chi connectivity index (χ1n) is 8.11. The van der Waals surface area contributed by atoms with E-state index in [2.05, 4.69) is 20.6 Å². The number of carbonyl (C=O) groups excluding carboxylic acids is 2. The Morgan fingerprint density at radius 2 is 2.08 bits per heavy atom. The molecule has 0 spiro atoms. The van der Waals surface area contributed by atoms with Gasteiger partial charge in [0.15, 0.2) is 5.96 Å². The minimum Gasteiger partial charge on any atom is -0.462 e. The zero-order valence-electron chi connectivity index (χ0n) is 15.7. The zero-order valence-corrected chi connectivity index (χ0v) is 16.5. The van der Waals surface area contributed by atoms with E-state index in [1.165, 1.54) is 11.3 Å². The maximum absolute atomic E-state index is 11.9. The topological polar surface area (TPSA) is 95.9 Å². The van der Waals surface area contributed by atoms with Gasteiger partial charge in [0, 0.05) is 34.1 Å². The van der Waals surface area contributed by atoms with Gasteiger partial charge >= 0.3 is 5.97 Å². The molecule has 0 radical (unpaired) electrons. The second-order valence-corrected chi connectivity index (χ2v) is 6.62. The fourth-order valence-corrected chi connectivity index (χ4v) is 2.92. The third-order valence-electron chi connectivity index (χ3n) is 3.35. The highest BCUT2D eigenvalue weighted by molar-refractivity contribution is 7.13. The number of hydrogen-bond donors (Lipinski definition) is 2. The number of esters is 1. The minimum absolute atomic E-state index is 0.0469. The number of thiazole rings is 1. The number of nitrogens with zero attached hydrogens (tertiary/aromatic N) is 3. The van der Waals surface area contributed by atoms with E-state index in [4.69, 9.17) is 4.74 Å². The molecule has 9 heteroatoms. The molecule has 1 heterocycles. The summed E-state index contributed by atoms with van der Waals surface area (Å²) in [5.74, 6) is 0.274. The van der Waals surface area contributed by atoms with E-state index in [9.17, 15) is 9.59 Å². The second kappa shape index (κ2) is 9.97. The van der Waals surface area contributed by atoms with E-state index in [-0.39, 0.29) is 17.9 Å². The highest BCUT2D eigenvalue weighted by Crippen LogP contribution is 2.24. The number of carbonyl (C=O) groups is 2. The third-order valence-corrected chi connectivity index (χ3v) is 4.67. The van der Waals surface area contributed by atoms with E-state index >= 15 is 0 Å². The lowest BCUT2D eigenvalue weighted by atomic mass is 10.3. The predicted octanol–water partition coefficient (Wildman–Crippen LogP) is 1.33. The van der Waals surface area contributed by atoms with Crippen molar-refractivity contribution in [1.29, 1.82) is 0 Å². The SMILES string of the molecule is CCOC(=O)c1sc(C(C)NC(=NC)NCCC(=O)N(C)C)nc1C. The molecule has 8 nitrogen and oxygen atoms in total. The first-order chi connectivity index (χ1) is 11.8. The van der Waals surface area contributed by atoms with Crippen molar-refractivity contribution in [2.24, 2.45) is 4.99 Å². The van der Waals surface area contributed by atoms with E-state index in [0.717, 1.165) is 5.01 Å². The smallest absolute Gasteiger partial charge is 0.350 e. The van der Waals surface area contributed by atoms with E-state index in [1.807, 2.05) is 6.92 Å². The zero-order chi connectivity index (χ0) is 19.0. The first-order valence-corrected chi connectivity index (χ1v) is 8.93. The first kappa shape index (κ1) is 20.9. The lowest BCUT2D eigenvalue weighted by Gasteiger charge is -2.16. The van der Waals surface area contributed by atoms with Crippen molar-refractivity contribution in [1.82, 2.24) is 20.5 Å². The number of hydrogen-bond acceptors (Lipinski definition) is 6. The Morgan fingerprint density at radius 3 is 2.64 bits per heavy atom. The molecule has 25 heavy (non-hydrogen) atoms. The second-order valence-electron chi connectivity index (χ2n) is 5.59. The van der Waals surface area contributed by atoms with Crippen LogP contribution in [0.4, 0.5) is 0 Å². The van der Waals surface area contributed by atoms with Crippen molar-refractivity contribution in [3.8, 4) is 0 Å². The molecule has 1 aromatic rings. The number of aromatic nitrogens is 1. The molecule has 0 aliphatic rings. The van der Waals surface area contributed by atoms with Crippen LogP contribution < -0.4 is 10.6 Å². The van der Waals surface area contributed by atoms with Crippen molar-refractivity contribution in [3.05, 3.63) is 15.6 Å². The number of guanidine groups is 1. The Balaban J connectivity index is 2.64. The van der Waals surface area contributed by atoms with Gasteiger partial charge in [-0.2, -0.15) is 0 Å². The van der Waals surface area contributed by atoms with Gasteiger partial charge in [-0.1, -0.05) is 0 Å². The van der Waals surface area contributed by atoms with Crippen LogP contribution in [0.25, 0.3) is 0 Å². The normalized spacial score (nSPS) is 12.5. The number of aliphatic imine (C=N–C) groups is 1. The molecular weight excluding hydrogens is 342 g/mol. The van der Waals surface area contributed by atoms with Crippen molar-refractivity contribution in [2.45, 2.75) is 33.2 Å². The molecule has 2 N–H and O–H groups in total. The summed E-state index contributed by atoms with van der Waals surface area (Å²) in [5.41, 5.74) is 0.659. The van der Waals surface area contributed by atoms with Crippen LogP contribution in [-0.2, 0) is 9.53 Å². The van der Waals surface area contributed by atoms with Gasteiger partial charge in [0.05, 0.1) is 18.3 Å².